The molecule has 4 aromatic rings. The van der Waals surface area contributed by atoms with Crippen LogP contribution in [0.3, 0.4) is 0 Å². The van der Waals surface area contributed by atoms with Crippen LogP contribution in [-0.4, -0.2) is 20.0 Å². The third kappa shape index (κ3) is 5.23. The molecule has 0 aliphatic heterocycles. The van der Waals surface area contributed by atoms with Crippen LogP contribution in [0, 0.1) is 36.8 Å². The molecular weight excluding hydrogens is 472 g/mol. The lowest BCUT2D eigenvalue weighted by Crippen LogP contribution is -2.30. The van der Waals surface area contributed by atoms with E-state index in [-0.39, 0.29) is 17.8 Å². The van der Waals surface area contributed by atoms with Crippen LogP contribution in [0.5, 0.6) is 0 Å². The van der Waals surface area contributed by atoms with Gasteiger partial charge in [-0.05, 0) is 85.2 Å². The minimum atomic E-state index is -0.420. The van der Waals surface area contributed by atoms with Gasteiger partial charge in [0.15, 0.2) is 0 Å². The number of nitrogens with one attached hydrogen (secondary N) is 2. The molecule has 2 N–H and O–H groups in total. The Bertz CT molecular complexity index is 1550. The van der Waals surface area contributed by atoms with Gasteiger partial charge in [-0.25, -0.2) is 8.78 Å². The first-order valence-electron chi connectivity index (χ1n) is 12.3. The zero-order valence-corrected chi connectivity index (χ0v) is 21.1. The van der Waals surface area contributed by atoms with E-state index in [1.165, 1.54) is 18.3 Å². The van der Waals surface area contributed by atoms with Gasteiger partial charge in [-0.1, -0.05) is 12.1 Å². The van der Waals surface area contributed by atoms with Gasteiger partial charge in [0.1, 0.15) is 11.6 Å². The van der Waals surface area contributed by atoms with Gasteiger partial charge < -0.3 is 14.5 Å². The minimum Gasteiger partial charge on any atom is -0.345 e. The highest BCUT2D eigenvalue weighted by Gasteiger charge is 2.34. The SMILES string of the molecule is Cc1cc([C@@H](NC(=O)c2cc(Cn3ccn(C)c3=N)cc(-c3ncc(F)cc3C)c2)C2CC2)ccc1F. The number of halogens is 2. The number of benzene rings is 2. The number of pyridine rings is 1. The van der Waals surface area contributed by atoms with Gasteiger partial charge in [-0.3, -0.25) is 15.2 Å². The molecule has 0 saturated heterocycles. The van der Waals surface area contributed by atoms with Crippen LogP contribution in [0.2, 0.25) is 0 Å². The van der Waals surface area contributed by atoms with Crippen LogP contribution in [0.15, 0.2) is 61.1 Å². The van der Waals surface area contributed by atoms with Crippen LogP contribution in [-0.2, 0) is 13.6 Å². The van der Waals surface area contributed by atoms with Crippen molar-refractivity contribution in [3.05, 3.63) is 106 Å². The van der Waals surface area contributed by atoms with Gasteiger partial charge in [0.25, 0.3) is 5.91 Å². The van der Waals surface area contributed by atoms with Crippen molar-refractivity contribution in [2.75, 3.05) is 0 Å². The fourth-order valence-electron chi connectivity index (χ4n) is 4.73. The van der Waals surface area contributed by atoms with Crippen molar-refractivity contribution in [3.63, 3.8) is 0 Å². The molecule has 2 aromatic carbocycles. The topological polar surface area (TPSA) is 75.7 Å². The van der Waals surface area contributed by atoms with Gasteiger partial charge in [-0.15, -0.1) is 0 Å². The summed E-state index contributed by atoms with van der Waals surface area (Å²) in [5, 5.41) is 11.5. The Morgan fingerprint density at radius 3 is 2.54 bits per heavy atom. The van der Waals surface area contributed by atoms with E-state index >= 15 is 0 Å². The third-order valence-corrected chi connectivity index (χ3v) is 6.92. The Kier molecular flexibility index (Phi) is 6.50. The average Bonchev–Trinajstić information content (AvgIpc) is 3.66. The Balaban J connectivity index is 1.52. The largest absolute Gasteiger partial charge is 0.345 e. The van der Waals surface area contributed by atoms with Crippen molar-refractivity contribution in [3.8, 4) is 11.3 Å². The molecule has 0 radical (unpaired) electrons. The number of hydrogen-bond acceptors (Lipinski definition) is 3. The van der Waals surface area contributed by atoms with E-state index in [0.717, 1.165) is 24.0 Å². The number of hydrogen-bond donors (Lipinski definition) is 2. The first-order valence-corrected chi connectivity index (χ1v) is 12.3. The number of nitrogens with zero attached hydrogens (tertiary/aromatic N) is 3. The van der Waals surface area contributed by atoms with Gasteiger partial charge in [-0.2, -0.15) is 0 Å². The van der Waals surface area contributed by atoms with Crippen molar-refractivity contribution in [1.82, 2.24) is 19.4 Å². The number of aryl methyl sites for hydroxylation is 3. The van der Waals surface area contributed by atoms with Crippen LogP contribution in [0.4, 0.5) is 8.78 Å². The molecule has 5 rings (SSSR count). The van der Waals surface area contributed by atoms with Gasteiger partial charge in [0.05, 0.1) is 24.5 Å². The van der Waals surface area contributed by atoms with Gasteiger partial charge >= 0.3 is 0 Å². The standard InChI is InChI=1S/C29H29F2N5O/c1-17-10-21(6-7-25(17)31)27(20-4-5-20)34-28(37)23-13-19(16-36-9-8-35(3)29(36)32)12-22(14-23)26-18(2)11-24(30)15-33-26/h6-15,20,27,32H,4-5,16H2,1-3H3,(H,34,37)/t27-/m0/s1. The van der Waals surface area contributed by atoms with E-state index in [1.54, 1.807) is 54.4 Å². The minimum absolute atomic E-state index is 0.215. The zero-order valence-electron chi connectivity index (χ0n) is 21.1. The molecule has 1 atom stereocenters. The monoisotopic (exact) mass is 501 g/mol. The third-order valence-electron chi connectivity index (χ3n) is 6.92. The molecule has 0 spiro atoms. The van der Waals surface area contributed by atoms with Gasteiger partial charge in [0, 0.05) is 30.6 Å². The number of carbonyl (C=O) groups excluding carboxylic acids is 1. The smallest absolute Gasteiger partial charge is 0.251 e. The predicted molar refractivity (Wildman–Crippen MR) is 137 cm³/mol. The lowest BCUT2D eigenvalue weighted by atomic mass is 9.97. The van der Waals surface area contributed by atoms with Crippen LogP contribution in [0.1, 0.15) is 51.5 Å². The van der Waals surface area contributed by atoms with Crippen LogP contribution < -0.4 is 10.9 Å². The molecule has 190 valence electrons. The predicted octanol–water partition coefficient (Wildman–Crippen LogP) is 5.19. The molecule has 6 nitrogen and oxygen atoms in total. The van der Waals surface area contributed by atoms with Crippen LogP contribution >= 0.6 is 0 Å². The second kappa shape index (κ2) is 9.76. The van der Waals surface area contributed by atoms with E-state index in [4.69, 9.17) is 5.41 Å². The number of amides is 1. The van der Waals surface area contributed by atoms with Crippen molar-refractivity contribution < 1.29 is 13.6 Å². The maximum absolute atomic E-state index is 13.9. The Morgan fingerprint density at radius 1 is 1.11 bits per heavy atom. The molecule has 2 aromatic heterocycles. The highest BCUT2D eigenvalue weighted by molar-refractivity contribution is 5.96. The summed E-state index contributed by atoms with van der Waals surface area (Å²) < 4.78 is 31.1. The lowest BCUT2D eigenvalue weighted by Gasteiger charge is -2.20. The average molecular weight is 502 g/mol. The van der Waals surface area contributed by atoms with E-state index in [2.05, 4.69) is 10.3 Å². The fraction of sp³-hybridized carbons (Fsp3) is 0.276. The molecule has 1 saturated carbocycles. The molecule has 0 bridgehead atoms. The summed E-state index contributed by atoms with van der Waals surface area (Å²) in [6.45, 7) is 3.89. The van der Waals surface area contributed by atoms with E-state index in [0.29, 0.717) is 46.0 Å². The first kappa shape index (κ1) is 24.6. The molecule has 0 unspecified atom stereocenters. The highest BCUT2D eigenvalue weighted by Crippen LogP contribution is 2.41. The summed E-state index contributed by atoms with van der Waals surface area (Å²) in [5.41, 5.74) is 4.98. The van der Waals surface area contributed by atoms with Crippen molar-refractivity contribution in [2.45, 2.75) is 39.3 Å². The molecular formula is C29H29F2N5O. The van der Waals surface area contributed by atoms with E-state index < -0.39 is 5.82 Å². The lowest BCUT2D eigenvalue weighted by molar-refractivity contribution is 0.0931. The van der Waals surface area contributed by atoms with Gasteiger partial charge in [0.2, 0.25) is 5.62 Å². The van der Waals surface area contributed by atoms with Crippen LogP contribution in [0.25, 0.3) is 11.3 Å². The summed E-state index contributed by atoms with van der Waals surface area (Å²) in [6, 6.07) is 11.7. The second-order valence-electron chi connectivity index (χ2n) is 9.90. The molecule has 1 aliphatic carbocycles. The summed E-state index contributed by atoms with van der Waals surface area (Å²) in [5.74, 6) is -0.624. The van der Waals surface area contributed by atoms with Crippen molar-refractivity contribution in [1.29, 1.82) is 5.41 Å². The van der Waals surface area contributed by atoms with Crippen molar-refractivity contribution >= 4 is 5.91 Å². The molecule has 8 heteroatoms. The second-order valence-corrected chi connectivity index (χ2v) is 9.90. The van der Waals surface area contributed by atoms with E-state index in [1.807, 2.05) is 18.3 Å². The maximum atomic E-state index is 13.9. The maximum Gasteiger partial charge on any atom is 0.251 e. The summed E-state index contributed by atoms with van der Waals surface area (Å²) in [7, 11) is 1.80. The Labute approximate surface area is 214 Å². The number of rotatable bonds is 7. The Morgan fingerprint density at radius 2 is 1.89 bits per heavy atom. The first-order chi connectivity index (χ1) is 17.7. The number of carbonyl (C=O) groups is 1. The summed E-state index contributed by atoms with van der Waals surface area (Å²) >= 11 is 0. The fourth-order valence-corrected chi connectivity index (χ4v) is 4.73. The summed E-state index contributed by atoms with van der Waals surface area (Å²) in [6.07, 6.45) is 6.79. The number of imidazole rings is 1. The molecule has 1 fully saturated rings. The summed E-state index contributed by atoms with van der Waals surface area (Å²) in [4.78, 5) is 17.9. The number of aromatic nitrogens is 3. The van der Waals surface area contributed by atoms with E-state index in [9.17, 15) is 13.6 Å². The zero-order chi connectivity index (χ0) is 26.3. The highest BCUT2D eigenvalue weighted by atomic mass is 19.1. The quantitative estimate of drug-likeness (QED) is 0.366. The molecule has 2 heterocycles. The molecule has 1 amide bonds. The van der Waals surface area contributed by atoms with Crippen molar-refractivity contribution in [2.24, 2.45) is 13.0 Å². The Hall–Kier alpha value is -4.07. The molecule has 1 aliphatic rings. The molecule has 37 heavy (non-hydrogen) atoms. The normalized spacial score (nSPS) is 14.0.